The molecule has 1 fully saturated rings. The Hall–Kier alpha value is -3.36. The van der Waals surface area contributed by atoms with Crippen molar-refractivity contribution in [1.82, 2.24) is 24.6 Å². The highest BCUT2D eigenvalue weighted by molar-refractivity contribution is 7.52. The Bertz CT molecular complexity index is 1380. The number of aliphatic hydroxyl groups excluding tert-OH is 1. The number of carbonyl (C=O) groups excluding carboxylic acids is 1. The number of carbonyl (C=O) groups is 1. The predicted molar refractivity (Wildman–Crippen MR) is 140 cm³/mol. The second-order valence-electron chi connectivity index (χ2n) is 9.07. The number of nitrogens with one attached hydrogen (secondary N) is 1. The first-order valence-electron chi connectivity index (χ1n) is 12.6. The van der Waals surface area contributed by atoms with Gasteiger partial charge in [-0.1, -0.05) is 18.2 Å². The molecular formula is C24H32FN6O8P. The Morgan fingerprint density at radius 1 is 1.30 bits per heavy atom. The van der Waals surface area contributed by atoms with E-state index in [1.807, 2.05) is 0 Å². The molecule has 14 nitrogen and oxygen atoms in total. The van der Waals surface area contributed by atoms with E-state index in [-0.39, 0.29) is 42.0 Å². The Labute approximate surface area is 229 Å². The zero-order valence-electron chi connectivity index (χ0n) is 22.4. The third-order valence-corrected chi connectivity index (χ3v) is 7.67. The van der Waals surface area contributed by atoms with Gasteiger partial charge in [-0.05, 0) is 39.8 Å². The molecule has 6 atom stereocenters. The number of hydrogen-bond donors (Lipinski definition) is 3. The number of ether oxygens (including phenoxy) is 3. The number of anilines is 1. The average molecular weight is 583 g/mol. The van der Waals surface area contributed by atoms with Crippen molar-refractivity contribution in [2.24, 2.45) is 0 Å². The molecule has 0 bridgehead atoms. The van der Waals surface area contributed by atoms with Crippen molar-refractivity contribution >= 4 is 30.8 Å². The van der Waals surface area contributed by atoms with Crippen molar-refractivity contribution in [1.29, 1.82) is 0 Å². The van der Waals surface area contributed by atoms with Gasteiger partial charge in [0.15, 0.2) is 23.1 Å². The van der Waals surface area contributed by atoms with E-state index in [2.05, 4.69) is 20.0 Å². The van der Waals surface area contributed by atoms with Crippen LogP contribution >= 0.6 is 7.75 Å². The van der Waals surface area contributed by atoms with Crippen LogP contribution in [0.5, 0.6) is 11.6 Å². The van der Waals surface area contributed by atoms with Gasteiger partial charge in [-0.2, -0.15) is 15.1 Å². The number of halogens is 1. The van der Waals surface area contributed by atoms with E-state index < -0.39 is 50.5 Å². The number of nitrogens with two attached hydrogens (primary N) is 1. The minimum atomic E-state index is -4.27. The second kappa shape index (κ2) is 12.0. The summed E-state index contributed by atoms with van der Waals surface area (Å²) in [5.41, 5.74) is 3.79. The molecule has 3 aromatic rings. The third-order valence-electron chi connectivity index (χ3n) is 6.03. The largest absolute Gasteiger partial charge is 0.476 e. The maximum absolute atomic E-state index is 16.0. The van der Waals surface area contributed by atoms with Gasteiger partial charge >= 0.3 is 13.7 Å². The fourth-order valence-corrected chi connectivity index (χ4v) is 5.61. The summed E-state index contributed by atoms with van der Waals surface area (Å²) >= 11 is 0. The standard InChI is InChI=1S/C24H32FN6O8P/c1-5-35-20-17-19(28-23(26)29-20)31(13-27-17)22-24(4,25)18(32)16(38-22)12-37-40(34,30-14(3)21(33)36-6-2)39-15-10-8-7-9-11-15/h7-11,13-14,16,18,22,32H,5-6,12H2,1-4H3,(H,30,34)(H2,26,28,29)/t14-,16+,18+,22+,24+,40?/m0/s1. The van der Waals surface area contributed by atoms with Crippen molar-refractivity contribution in [3.63, 3.8) is 0 Å². The van der Waals surface area contributed by atoms with Gasteiger partial charge in [0.1, 0.15) is 24.0 Å². The molecule has 218 valence electrons. The molecule has 3 heterocycles. The van der Waals surface area contributed by atoms with Crippen LogP contribution in [0.4, 0.5) is 10.3 Å². The van der Waals surface area contributed by atoms with Crippen LogP contribution < -0.4 is 20.1 Å². The summed E-state index contributed by atoms with van der Waals surface area (Å²) in [4.78, 5) is 24.5. The number of hydrogen-bond acceptors (Lipinski definition) is 12. The number of alkyl halides is 1. The monoisotopic (exact) mass is 582 g/mol. The number of rotatable bonds is 12. The maximum Gasteiger partial charge on any atom is 0.459 e. The van der Waals surface area contributed by atoms with Crippen LogP contribution in [-0.2, 0) is 23.4 Å². The summed E-state index contributed by atoms with van der Waals surface area (Å²) in [6.07, 6.45) is -3.19. The van der Waals surface area contributed by atoms with E-state index in [9.17, 15) is 14.5 Å². The van der Waals surface area contributed by atoms with E-state index in [4.69, 9.17) is 29.0 Å². The number of fused-ring (bicyclic) bond motifs is 1. The minimum Gasteiger partial charge on any atom is -0.476 e. The summed E-state index contributed by atoms with van der Waals surface area (Å²) in [6, 6.07) is 7.03. The Balaban J connectivity index is 1.57. The summed E-state index contributed by atoms with van der Waals surface area (Å²) in [5, 5.41) is 13.4. The zero-order chi connectivity index (χ0) is 29.1. The molecule has 0 aliphatic carbocycles. The molecule has 1 aliphatic rings. The van der Waals surface area contributed by atoms with Crippen molar-refractivity contribution in [2.45, 2.75) is 57.8 Å². The van der Waals surface area contributed by atoms with E-state index >= 15 is 4.39 Å². The van der Waals surface area contributed by atoms with Crippen LogP contribution in [0.3, 0.4) is 0 Å². The van der Waals surface area contributed by atoms with Crippen LogP contribution in [0, 0.1) is 0 Å². The first kappa shape index (κ1) is 29.6. The van der Waals surface area contributed by atoms with Crippen molar-refractivity contribution < 1.29 is 42.1 Å². The maximum atomic E-state index is 16.0. The van der Waals surface area contributed by atoms with Crippen LogP contribution in [0.2, 0.25) is 0 Å². The number of nitrogen functional groups attached to an aromatic ring is 1. The molecule has 1 aliphatic heterocycles. The zero-order valence-corrected chi connectivity index (χ0v) is 23.3. The van der Waals surface area contributed by atoms with Gasteiger partial charge in [0.25, 0.3) is 0 Å². The molecule has 0 radical (unpaired) electrons. The molecule has 0 spiro atoms. The third kappa shape index (κ3) is 6.18. The van der Waals surface area contributed by atoms with Gasteiger partial charge < -0.3 is 29.6 Å². The van der Waals surface area contributed by atoms with E-state index in [1.165, 1.54) is 30.0 Å². The number of esters is 1. The summed E-state index contributed by atoms with van der Waals surface area (Å²) < 4.78 is 58.4. The first-order valence-corrected chi connectivity index (χ1v) is 14.1. The number of nitrogens with zero attached hydrogens (tertiary/aromatic N) is 4. The molecule has 0 saturated carbocycles. The van der Waals surface area contributed by atoms with Crippen molar-refractivity contribution in [2.75, 3.05) is 25.6 Å². The Morgan fingerprint density at radius 2 is 2.02 bits per heavy atom. The highest BCUT2D eigenvalue weighted by Crippen LogP contribution is 2.48. The summed E-state index contributed by atoms with van der Waals surface area (Å²) in [6.45, 7) is 5.77. The van der Waals surface area contributed by atoms with E-state index in [0.717, 1.165) is 6.92 Å². The molecule has 4 N–H and O–H groups in total. The topological polar surface area (TPSA) is 182 Å². The number of imidazole rings is 1. The second-order valence-corrected chi connectivity index (χ2v) is 10.8. The lowest BCUT2D eigenvalue weighted by Crippen LogP contribution is -2.41. The van der Waals surface area contributed by atoms with Gasteiger partial charge in [-0.15, -0.1) is 0 Å². The molecule has 1 saturated heterocycles. The Morgan fingerprint density at radius 3 is 2.70 bits per heavy atom. The smallest absolute Gasteiger partial charge is 0.459 e. The van der Waals surface area contributed by atoms with Crippen molar-refractivity contribution in [3.05, 3.63) is 36.7 Å². The van der Waals surface area contributed by atoms with Crippen LogP contribution in [0.1, 0.15) is 33.9 Å². The molecule has 40 heavy (non-hydrogen) atoms. The number of para-hydroxylation sites is 1. The number of aliphatic hydroxyl groups is 1. The van der Waals surface area contributed by atoms with Crippen molar-refractivity contribution in [3.8, 4) is 11.6 Å². The highest BCUT2D eigenvalue weighted by Gasteiger charge is 2.56. The lowest BCUT2D eigenvalue weighted by Gasteiger charge is -2.25. The lowest BCUT2D eigenvalue weighted by atomic mass is 9.98. The van der Waals surface area contributed by atoms with Crippen LogP contribution in [0.15, 0.2) is 36.7 Å². The normalized spacial score (nSPS) is 24.9. The molecular weight excluding hydrogens is 550 g/mol. The fraction of sp³-hybridized carbons (Fsp3) is 0.500. The Kier molecular flexibility index (Phi) is 8.90. The quantitative estimate of drug-likeness (QED) is 0.209. The molecule has 16 heteroatoms. The van der Waals surface area contributed by atoms with E-state index in [1.54, 1.807) is 32.0 Å². The summed E-state index contributed by atoms with van der Waals surface area (Å²) in [5.74, 6) is -0.514. The molecule has 0 amide bonds. The molecule has 2 aromatic heterocycles. The van der Waals surface area contributed by atoms with Gasteiger partial charge in [-0.25, -0.2) is 13.9 Å². The number of benzene rings is 1. The van der Waals surface area contributed by atoms with Crippen LogP contribution in [0.25, 0.3) is 11.2 Å². The highest BCUT2D eigenvalue weighted by atomic mass is 31.2. The molecule has 4 rings (SSSR count). The average Bonchev–Trinajstić information content (AvgIpc) is 3.41. The molecule has 1 aromatic carbocycles. The lowest BCUT2D eigenvalue weighted by molar-refractivity contribution is -0.144. The fourth-order valence-electron chi connectivity index (χ4n) is 4.11. The van der Waals surface area contributed by atoms with Crippen LogP contribution in [-0.4, -0.2) is 74.3 Å². The predicted octanol–water partition coefficient (Wildman–Crippen LogP) is 2.54. The van der Waals surface area contributed by atoms with Gasteiger partial charge in [0.2, 0.25) is 11.8 Å². The minimum absolute atomic E-state index is 0.111. The van der Waals surface area contributed by atoms with E-state index in [0.29, 0.717) is 0 Å². The number of aromatic nitrogens is 4. The SMILES string of the molecule is CCOC(=O)[C@H](C)NP(=O)(OC[C@H]1O[C@@H](n2cnc3c(OCC)nc(N)nc32)[C@](C)(F)[C@@H]1O)Oc1ccccc1. The molecule has 1 unspecified atom stereocenters. The van der Waals surface area contributed by atoms with Gasteiger partial charge in [-0.3, -0.25) is 13.9 Å². The van der Waals surface area contributed by atoms with Gasteiger partial charge in [0, 0.05) is 0 Å². The first-order chi connectivity index (χ1) is 19.0. The van der Waals surface area contributed by atoms with Gasteiger partial charge in [0.05, 0.1) is 26.1 Å². The summed E-state index contributed by atoms with van der Waals surface area (Å²) in [7, 11) is -4.27.